The molecule has 0 saturated carbocycles. The third kappa shape index (κ3) is 47.5. The van der Waals surface area contributed by atoms with Crippen LogP contribution in [0.5, 0.6) is 0 Å². The van der Waals surface area contributed by atoms with Crippen molar-refractivity contribution in [2.45, 2.75) is 238 Å². The quantitative estimate of drug-likeness (QED) is 0.00994. The smallest absolute Gasteiger partial charge is 0.462 e. The van der Waals surface area contributed by atoms with Crippen molar-refractivity contribution in [2.24, 2.45) is 0 Å². The van der Waals surface area contributed by atoms with Gasteiger partial charge in [-0.1, -0.05) is 222 Å². The predicted octanol–water partition coefficient (Wildman–Crippen LogP) is 13.8. The number of ether oxygens (including phenoxy) is 4. The van der Waals surface area contributed by atoms with Gasteiger partial charge in [0.15, 0.2) is 6.10 Å². The summed E-state index contributed by atoms with van der Waals surface area (Å²) in [5.41, 5.74) is 0. The minimum absolute atomic E-state index is 0.113. The number of carbonyl (C=O) groups excluding carboxylic acids is 4. The van der Waals surface area contributed by atoms with Crippen LogP contribution in [-0.4, -0.2) is 86.1 Å². The van der Waals surface area contributed by atoms with E-state index in [-0.39, 0.29) is 44.9 Å². The number of carbonyl (C=O) groups is 4. The van der Waals surface area contributed by atoms with Crippen LogP contribution in [0.25, 0.3) is 0 Å². The molecule has 0 spiro atoms. The standard InChI is InChI=1S/C50H95N2O12PS2/c1-5-8-10-12-14-16-18-20-22-24-26-28-30-32-34-36-47(54)60-43-45(63-48(55)37-35-33-31-29-27-25-23-21-19-17-15-13-11-9-6-2)44-62-65(57,58)61-40-39-51-50(56)64-49(59-7-3)42-52-46(53)38-41-67-66-4/h7,45,49H,3,5-6,8-44H2,1-2,4H3,(H,51,56)(H,52,53)(H,57,58)/t45-,49?/m1/s1. The van der Waals surface area contributed by atoms with Crippen molar-refractivity contribution in [3.63, 3.8) is 0 Å². The van der Waals surface area contributed by atoms with E-state index >= 15 is 0 Å². The first kappa shape index (κ1) is 65.0. The first-order valence-corrected chi connectivity index (χ1v) is 30.4. The molecule has 0 aliphatic rings. The van der Waals surface area contributed by atoms with Gasteiger partial charge in [-0.2, -0.15) is 0 Å². The Morgan fingerprint density at radius 2 is 1.04 bits per heavy atom. The molecule has 2 unspecified atom stereocenters. The van der Waals surface area contributed by atoms with Crippen molar-refractivity contribution in [1.82, 2.24) is 10.6 Å². The Morgan fingerprint density at radius 1 is 0.597 bits per heavy atom. The average molecular weight is 1010 g/mol. The SMILES string of the molecule is C=COC(CNC(=O)CCSSC)OC(=O)NCCOP(=O)(O)OC[C@@H](COC(=O)CCCCCCCCCCCCCCCCC)OC(=O)CCCCCCCCCCCCCCCCC. The molecule has 0 radical (unpaired) electrons. The fourth-order valence-corrected chi connectivity index (χ4v) is 9.25. The average Bonchev–Trinajstić information content (AvgIpc) is 3.30. The number of rotatable bonds is 51. The van der Waals surface area contributed by atoms with E-state index < -0.39 is 51.5 Å². The van der Waals surface area contributed by atoms with Crippen LogP contribution >= 0.6 is 29.4 Å². The second kappa shape index (κ2) is 49.0. The van der Waals surface area contributed by atoms with E-state index in [0.29, 0.717) is 18.6 Å². The highest BCUT2D eigenvalue weighted by Gasteiger charge is 2.26. The molecular weight excluding hydrogens is 916 g/mol. The van der Waals surface area contributed by atoms with Crippen LogP contribution in [0, 0.1) is 0 Å². The molecule has 17 heteroatoms. The highest BCUT2D eigenvalue weighted by molar-refractivity contribution is 8.76. The maximum Gasteiger partial charge on any atom is 0.472 e. The summed E-state index contributed by atoms with van der Waals surface area (Å²) >= 11 is 0. The molecule has 394 valence electrons. The fourth-order valence-electron chi connectivity index (χ4n) is 7.32. The number of hydrogen-bond acceptors (Lipinski definition) is 13. The van der Waals surface area contributed by atoms with Crippen LogP contribution in [0.2, 0.25) is 0 Å². The number of unbranched alkanes of at least 4 members (excludes halogenated alkanes) is 28. The predicted molar refractivity (Wildman–Crippen MR) is 275 cm³/mol. The second-order valence-corrected chi connectivity index (χ2v) is 21.5. The Bertz CT molecular complexity index is 1250. The van der Waals surface area contributed by atoms with Crippen LogP contribution in [0.4, 0.5) is 4.79 Å². The minimum Gasteiger partial charge on any atom is -0.462 e. The normalized spacial score (nSPS) is 13.0. The molecule has 0 aromatic carbocycles. The van der Waals surface area contributed by atoms with Crippen LogP contribution in [-0.2, 0) is 46.9 Å². The zero-order valence-electron chi connectivity index (χ0n) is 42.2. The number of nitrogens with one attached hydrogen (secondary N) is 2. The lowest BCUT2D eigenvalue weighted by Gasteiger charge is -2.20. The minimum atomic E-state index is -4.68. The van der Waals surface area contributed by atoms with Gasteiger partial charge >= 0.3 is 25.9 Å². The van der Waals surface area contributed by atoms with Crippen LogP contribution in [0.15, 0.2) is 12.8 Å². The summed E-state index contributed by atoms with van der Waals surface area (Å²) in [6, 6.07) is 0. The molecule has 0 heterocycles. The Kier molecular flexibility index (Phi) is 47.6. The number of amides is 2. The molecule has 0 aromatic heterocycles. The van der Waals surface area contributed by atoms with Crippen molar-refractivity contribution in [1.29, 1.82) is 0 Å². The van der Waals surface area contributed by atoms with Gasteiger partial charge in [-0.05, 0) is 19.1 Å². The van der Waals surface area contributed by atoms with Gasteiger partial charge in [0.05, 0.1) is 26.0 Å². The maximum atomic E-state index is 12.8. The van der Waals surface area contributed by atoms with Crippen LogP contribution in [0.3, 0.4) is 0 Å². The van der Waals surface area contributed by atoms with E-state index in [0.717, 1.165) is 44.8 Å². The summed E-state index contributed by atoms with van der Waals surface area (Å²) in [5.74, 6) is -0.557. The zero-order chi connectivity index (χ0) is 49.3. The third-order valence-corrected chi connectivity index (χ3v) is 14.0. The Hall–Kier alpha value is -1.97. The molecule has 3 N–H and O–H groups in total. The summed E-state index contributed by atoms with van der Waals surface area (Å²) in [7, 11) is -1.58. The highest BCUT2D eigenvalue weighted by atomic mass is 33.1. The van der Waals surface area contributed by atoms with E-state index in [2.05, 4.69) is 31.1 Å². The van der Waals surface area contributed by atoms with Gasteiger partial charge < -0.3 is 34.5 Å². The summed E-state index contributed by atoms with van der Waals surface area (Å²) in [6.45, 7) is 6.28. The molecule has 0 aliphatic carbocycles. The van der Waals surface area contributed by atoms with Gasteiger partial charge in [0.2, 0.25) is 5.91 Å². The summed E-state index contributed by atoms with van der Waals surface area (Å²) < 4.78 is 44.2. The maximum absolute atomic E-state index is 12.8. The third-order valence-electron chi connectivity index (χ3n) is 11.2. The number of phosphoric ester groups is 1. The molecule has 67 heavy (non-hydrogen) atoms. The fraction of sp³-hybridized carbons (Fsp3) is 0.880. The monoisotopic (exact) mass is 1010 g/mol. The van der Waals surface area contributed by atoms with Crippen molar-refractivity contribution < 1.29 is 56.6 Å². The molecule has 0 aliphatic heterocycles. The summed E-state index contributed by atoms with van der Waals surface area (Å²) in [5, 5.41) is 4.98. The molecule has 2 amide bonds. The van der Waals surface area contributed by atoms with Crippen LogP contribution < -0.4 is 10.6 Å². The molecule has 0 saturated heterocycles. The van der Waals surface area contributed by atoms with Gasteiger partial charge in [0.1, 0.15) is 6.61 Å². The Labute approximate surface area is 414 Å². The van der Waals surface area contributed by atoms with E-state index in [1.54, 1.807) is 21.6 Å². The largest absolute Gasteiger partial charge is 0.472 e. The van der Waals surface area contributed by atoms with E-state index in [1.807, 2.05) is 6.26 Å². The van der Waals surface area contributed by atoms with Crippen molar-refractivity contribution >= 4 is 53.3 Å². The number of alkyl carbamates (subject to hydrolysis) is 1. The van der Waals surface area contributed by atoms with E-state index in [4.69, 9.17) is 28.0 Å². The lowest BCUT2D eigenvalue weighted by atomic mass is 10.0. The van der Waals surface area contributed by atoms with Gasteiger partial charge in [0, 0.05) is 31.6 Å². The van der Waals surface area contributed by atoms with E-state index in [1.165, 1.54) is 141 Å². The van der Waals surface area contributed by atoms with Crippen molar-refractivity contribution in [3.05, 3.63) is 12.8 Å². The van der Waals surface area contributed by atoms with Gasteiger partial charge in [0.25, 0.3) is 6.29 Å². The highest BCUT2D eigenvalue weighted by Crippen LogP contribution is 2.43. The molecule has 0 rings (SSSR count). The molecule has 0 fully saturated rings. The molecule has 0 aromatic rings. The Balaban J connectivity index is 4.71. The lowest BCUT2D eigenvalue weighted by molar-refractivity contribution is -0.161. The second-order valence-electron chi connectivity index (χ2n) is 17.4. The lowest BCUT2D eigenvalue weighted by Crippen LogP contribution is -2.39. The molecule has 14 nitrogen and oxygen atoms in total. The van der Waals surface area contributed by atoms with Gasteiger partial charge in [-0.25, -0.2) is 9.36 Å². The Morgan fingerprint density at radius 3 is 1.49 bits per heavy atom. The van der Waals surface area contributed by atoms with Gasteiger partial charge in [-0.15, -0.1) is 0 Å². The molecular formula is C50H95N2O12PS2. The van der Waals surface area contributed by atoms with E-state index in [9.17, 15) is 28.6 Å². The van der Waals surface area contributed by atoms with Crippen molar-refractivity contribution in [2.75, 3.05) is 44.9 Å². The molecule has 3 atom stereocenters. The summed E-state index contributed by atoms with van der Waals surface area (Å²) in [4.78, 5) is 60.1. The summed E-state index contributed by atoms with van der Waals surface area (Å²) in [6.07, 6.45) is 36.9. The first-order chi connectivity index (χ1) is 32.6. The number of phosphoric acid groups is 1. The first-order valence-electron chi connectivity index (χ1n) is 26.2. The van der Waals surface area contributed by atoms with Gasteiger partial charge in [-0.3, -0.25) is 23.4 Å². The number of esters is 2. The zero-order valence-corrected chi connectivity index (χ0v) is 44.7. The topological polar surface area (TPSA) is 185 Å². The van der Waals surface area contributed by atoms with Crippen molar-refractivity contribution in [3.8, 4) is 0 Å². The van der Waals surface area contributed by atoms with Crippen LogP contribution in [0.1, 0.15) is 226 Å². The number of hydrogen-bond donors (Lipinski definition) is 3. The molecule has 0 bridgehead atoms.